The first-order valence-electron chi connectivity index (χ1n) is 22.9. The number of hydrogen-bond acceptors (Lipinski definition) is 4. The molecule has 6 nitrogen and oxygen atoms in total. The van der Waals surface area contributed by atoms with Crippen LogP contribution < -0.4 is 0 Å². The molecule has 68 heavy (non-hydrogen) atoms. The fourth-order valence-corrected chi connectivity index (χ4v) is 9.80. The van der Waals surface area contributed by atoms with E-state index in [1.807, 2.05) is 48.8 Å². The summed E-state index contributed by atoms with van der Waals surface area (Å²) in [4.78, 5) is 19.6. The van der Waals surface area contributed by atoms with Crippen LogP contribution in [0.4, 0.5) is 0 Å². The number of rotatable bonds is 8. The summed E-state index contributed by atoms with van der Waals surface area (Å²) in [5.41, 5.74) is 17.7. The van der Waals surface area contributed by atoms with Gasteiger partial charge in [-0.1, -0.05) is 146 Å². The Kier molecular flexibility index (Phi) is 9.39. The van der Waals surface area contributed by atoms with E-state index in [1.165, 1.54) is 32.6 Å². The molecule has 0 spiro atoms. The maximum atomic E-state index is 5.25. The number of pyridine rings is 2. The van der Waals surface area contributed by atoms with Gasteiger partial charge in [0, 0.05) is 73.1 Å². The molecule has 0 amide bonds. The molecule has 13 rings (SSSR count). The van der Waals surface area contributed by atoms with Gasteiger partial charge in [-0.15, -0.1) is 0 Å². The Balaban J connectivity index is 0.901. The van der Waals surface area contributed by atoms with Gasteiger partial charge in [-0.2, -0.15) is 0 Å². The second kappa shape index (κ2) is 16.3. The van der Waals surface area contributed by atoms with Crippen molar-refractivity contribution in [2.75, 3.05) is 0 Å². The minimum Gasteiger partial charge on any atom is -0.309 e. The van der Waals surface area contributed by atoms with Gasteiger partial charge >= 0.3 is 0 Å². The average molecular weight is 869 g/mol. The molecule has 6 heteroatoms. The van der Waals surface area contributed by atoms with Crippen molar-refractivity contribution >= 4 is 43.6 Å². The maximum Gasteiger partial charge on any atom is 0.160 e. The molecule has 0 aliphatic rings. The van der Waals surface area contributed by atoms with Crippen molar-refractivity contribution in [1.82, 2.24) is 29.1 Å². The molecule has 0 aliphatic heterocycles. The van der Waals surface area contributed by atoms with E-state index in [1.54, 1.807) is 0 Å². The van der Waals surface area contributed by atoms with Crippen LogP contribution in [0.25, 0.3) is 123 Å². The lowest BCUT2D eigenvalue weighted by Gasteiger charge is -2.13. The summed E-state index contributed by atoms with van der Waals surface area (Å²) in [5, 5.41) is 4.89. The number of fused-ring (bicyclic) bond motifs is 6. The molecule has 8 aromatic carbocycles. The Morgan fingerprint density at radius 2 is 0.662 bits per heavy atom. The first kappa shape index (κ1) is 39.1. The summed E-state index contributed by atoms with van der Waals surface area (Å²) in [5.74, 6) is 0.655. The predicted molar refractivity (Wildman–Crippen MR) is 279 cm³/mol. The van der Waals surface area contributed by atoms with Crippen LogP contribution in [-0.4, -0.2) is 29.1 Å². The highest BCUT2D eigenvalue weighted by Gasteiger charge is 2.18. The van der Waals surface area contributed by atoms with Crippen molar-refractivity contribution in [3.63, 3.8) is 0 Å². The Morgan fingerprint density at radius 1 is 0.250 bits per heavy atom. The summed E-state index contributed by atoms with van der Waals surface area (Å²) in [6.07, 6.45) is 3.65. The summed E-state index contributed by atoms with van der Waals surface area (Å²) in [6, 6.07) is 81.4. The highest BCUT2D eigenvalue weighted by atomic mass is 15.0. The standard InChI is InChI=1S/C62H40N6/c1-4-22-58-50(17-1)51-18-2-5-23-59(51)67(58)48-15-12-16-49(39-48)68-60-24-6-3-19-52(60)53-38-46(33-34-61(53)68)45-13-11-14-47(37-45)62-65-56(43-29-25-41(26-30-43)54-20-7-9-35-63-54)40-57(66-62)44-31-27-42(28-32-44)55-21-8-10-36-64-55/h1-40H. The smallest absolute Gasteiger partial charge is 0.160 e. The Morgan fingerprint density at radius 3 is 1.18 bits per heavy atom. The minimum absolute atomic E-state index is 0.655. The van der Waals surface area contributed by atoms with Crippen LogP contribution in [-0.2, 0) is 0 Å². The molecule has 0 saturated heterocycles. The van der Waals surface area contributed by atoms with Crippen LogP contribution in [0.2, 0.25) is 0 Å². The van der Waals surface area contributed by atoms with Gasteiger partial charge in [0.15, 0.2) is 5.82 Å². The van der Waals surface area contributed by atoms with Gasteiger partial charge in [0.05, 0.1) is 44.8 Å². The van der Waals surface area contributed by atoms with Crippen LogP contribution in [0.3, 0.4) is 0 Å². The van der Waals surface area contributed by atoms with E-state index in [-0.39, 0.29) is 0 Å². The molecule has 13 aromatic rings. The van der Waals surface area contributed by atoms with E-state index in [2.05, 4.69) is 213 Å². The van der Waals surface area contributed by atoms with E-state index in [9.17, 15) is 0 Å². The summed E-state index contributed by atoms with van der Waals surface area (Å²) in [7, 11) is 0. The van der Waals surface area contributed by atoms with Crippen molar-refractivity contribution in [3.05, 3.63) is 243 Å². The van der Waals surface area contributed by atoms with Crippen LogP contribution in [0.5, 0.6) is 0 Å². The van der Waals surface area contributed by atoms with Crippen molar-refractivity contribution < 1.29 is 0 Å². The third kappa shape index (κ3) is 6.82. The van der Waals surface area contributed by atoms with E-state index in [0.717, 1.165) is 84.1 Å². The van der Waals surface area contributed by atoms with Crippen molar-refractivity contribution in [1.29, 1.82) is 0 Å². The lowest BCUT2D eigenvalue weighted by molar-refractivity contribution is 1.13. The van der Waals surface area contributed by atoms with E-state index in [4.69, 9.17) is 9.97 Å². The SMILES string of the molecule is c1ccc(-c2ccc(-c3cc(-c4ccc(-c5ccccn5)cc4)nc(-c4cccc(-c5ccc6c(c5)c5ccccc5n6-c5cccc(-n6c7ccccc7c7ccccc76)c5)c4)n3)cc2)nc1. The first-order chi connectivity index (χ1) is 33.7. The third-order valence-corrected chi connectivity index (χ3v) is 13.1. The van der Waals surface area contributed by atoms with Gasteiger partial charge in [-0.25, -0.2) is 9.97 Å². The molecular formula is C62H40N6. The second-order valence-electron chi connectivity index (χ2n) is 17.1. The van der Waals surface area contributed by atoms with Gasteiger partial charge in [0.2, 0.25) is 0 Å². The molecule has 0 unspecified atom stereocenters. The number of para-hydroxylation sites is 3. The molecule has 318 valence electrons. The van der Waals surface area contributed by atoms with Gasteiger partial charge in [0.25, 0.3) is 0 Å². The molecule has 0 saturated carbocycles. The third-order valence-electron chi connectivity index (χ3n) is 13.1. The fourth-order valence-electron chi connectivity index (χ4n) is 9.80. The fraction of sp³-hybridized carbons (Fsp3) is 0. The zero-order valence-corrected chi connectivity index (χ0v) is 36.8. The summed E-state index contributed by atoms with van der Waals surface area (Å²) < 4.78 is 4.78. The highest BCUT2D eigenvalue weighted by molar-refractivity contribution is 6.11. The summed E-state index contributed by atoms with van der Waals surface area (Å²) in [6.45, 7) is 0. The number of nitrogens with zero attached hydrogens (tertiary/aromatic N) is 6. The molecule has 5 aromatic heterocycles. The molecule has 5 heterocycles. The van der Waals surface area contributed by atoms with E-state index in [0.29, 0.717) is 5.82 Å². The van der Waals surface area contributed by atoms with Gasteiger partial charge in [-0.3, -0.25) is 9.97 Å². The molecule has 0 N–H and O–H groups in total. The first-order valence-corrected chi connectivity index (χ1v) is 22.9. The van der Waals surface area contributed by atoms with Crippen molar-refractivity contribution in [3.8, 4) is 78.9 Å². The normalized spacial score (nSPS) is 11.5. The largest absolute Gasteiger partial charge is 0.309 e. The zero-order valence-electron chi connectivity index (χ0n) is 36.8. The predicted octanol–water partition coefficient (Wildman–Crippen LogP) is 15.5. The summed E-state index contributed by atoms with van der Waals surface area (Å²) >= 11 is 0. The average Bonchev–Trinajstić information content (AvgIpc) is 3.94. The van der Waals surface area contributed by atoms with Gasteiger partial charge in [0.1, 0.15) is 0 Å². The molecule has 0 atom stereocenters. The maximum absolute atomic E-state index is 5.25. The molecule has 0 fully saturated rings. The van der Waals surface area contributed by atoms with Gasteiger partial charge < -0.3 is 9.13 Å². The lowest BCUT2D eigenvalue weighted by atomic mass is 10.00. The molecule has 0 bridgehead atoms. The Hall–Kier alpha value is -9.26. The monoisotopic (exact) mass is 868 g/mol. The zero-order chi connectivity index (χ0) is 45.0. The topological polar surface area (TPSA) is 61.4 Å². The lowest BCUT2D eigenvalue weighted by Crippen LogP contribution is -1.98. The number of hydrogen-bond donors (Lipinski definition) is 0. The van der Waals surface area contributed by atoms with Crippen LogP contribution in [0.15, 0.2) is 243 Å². The highest BCUT2D eigenvalue weighted by Crippen LogP contribution is 2.38. The quantitative estimate of drug-likeness (QED) is 0.153. The molecular weight excluding hydrogens is 829 g/mol. The van der Waals surface area contributed by atoms with Crippen LogP contribution in [0.1, 0.15) is 0 Å². The molecule has 0 radical (unpaired) electrons. The van der Waals surface area contributed by atoms with Crippen LogP contribution in [0, 0.1) is 0 Å². The number of aromatic nitrogens is 6. The molecule has 0 aliphatic carbocycles. The minimum atomic E-state index is 0.655. The Labute approximate surface area is 392 Å². The van der Waals surface area contributed by atoms with Crippen molar-refractivity contribution in [2.45, 2.75) is 0 Å². The van der Waals surface area contributed by atoms with Crippen molar-refractivity contribution in [2.24, 2.45) is 0 Å². The van der Waals surface area contributed by atoms with Gasteiger partial charge in [-0.05, 0) is 96.1 Å². The van der Waals surface area contributed by atoms with Crippen LogP contribution >= 0.6 is 0 Å². The van der Waals surface area contributed by atoms with E-state index < -0.39 is 0 Å². The number of benzene rings is 8. The Bertz CT molecular complexity index is 3850. The second-order valence-corrected chi connectivity index (χ2v) is 17.1. The van der Waals surface area contributed by atoms with E-state index >= 15 is 0 Å².